The number of nitrogens with one attached hydrogen (secondary N) is 1. The van der Waals surface area contributed by atoms with E-state index < -0.39 is 0 Å². The highest BCUT2D eigenvalue weighted by Crippen LogP contribution is 2.29. The summed E-state index contributed by atoms with van der Waals surface area (Å²) in [4.78, 5) is 25.7. The number of rotatable bonds is 14. The Hall–Kier alpha value is -2.89. The number of hydrogen-bond donors (Lipinski definition) is 1. The van der Waals surface area contributed by atoms with Crippen LogP contribution in [-0.2, 0) is 4.79 Å². The van der Waals surface area contributed by atoms with Crippen molar-refractivity contribution in [3.8, 4) is 11.3 Å². The van der Waals surface area contributed by atoms with Crippen molar-refractivity contribution in [1.82, 2.24) is 20.0 Å². The summed E-state index contributed by atoms with van der Waals surface area (Å²) in [6.07, 6.45) is 9.03. The monoisotopic (exact) mass is 450 g/mol. The molecule has 0 bridgehead atoms. The van der Waals surface area contributed by atoms with Crippen LogP contribution in [0.5, 0.6) is 0 Å². The Morgan fingerprint density at radius 2 is 1.97 bits per heavy atom. The van der Waals surface area contributed by atoms with Crippen molar-refractivity contribution >= 4 is 12.2 Å². The summed E-state index contributed by atoms with van der Waals surface area (Å²) in [6, 6.07) is 10.4. The standard InChI is InChI=1S/C27H38N4O2/c1-4-5-8-11-24-20-30(19-22(3)28-16-9-6-7-10-17-32)27(33)26-18-25(29-31(24)26)23-14-12-21(2)13-15-23/h12-15,17-18,24,28H,3-11,16,19-20H2,1-2H3. The average Bonchev–Trinajstić information content (AvgIpc) is 3.26. The van der Waals surface area contributed by atoms with Gasteiger partial charge in [0.2, 0.25) is 0 Å². The molecule has 6 heteroatoms. The molecule has 2 heterocycles. The quantitative estimate of drug-likeness (QED) is 0.313. The van der Waals surface area contributed by atoms with Crippen LogP contribution in [-0.4, -0.2) is 46.5 Å². The second-order valence-electron chi connectivity index (χ2n) is 9.11. The Kier molecular flexibility index (Phi) is 9.28. The summed E-state index contributed by atoms with van der Waals surface area (Å²) in [5.41, 5.74) is 4.62. The normalized spacial score (nSPS) is 15.4. The molecule has 3 rings (SSSR count). The van der Waals surface area contributed by atoms with E-state index >= 15 is 0 Å². The Morgan fingerprint density at radius 1 is 1.18 bits per heavy atom. The van der Waals surface area contributed by atoms with Crippen LogP contribution in [0.3, 0.4) is 0 Å². The van der Waals surface area contributed by atoms with Gasteiger partial charge in [0, 0.05) is 30.8 Å². The number of unbranched alkanes of at least 4 members (excludes halogenated alkanes) is 5. The number of carbonyl (C=O) groups is 2. The van der Waals surface area contributed by atoms with Crippen LogP contribution in [0.15, 0.2) is 42.6 Å². The van der Waals surface area contributed by atoms with Gasteiger partial charge in [-0.3, -0.25) is 9.48 Å². The van der Waals surface area contributed by atoms with Crippen LogP contribution < -0.4 is 5.32 Å². The first-order valence-electron chi connectivity index (χ1n) is 12.3. The van der Waals surface area contributed by atoms with Gasteiger partial charge >= 0.3 is 0 Å². The topological polar surface area (TPSA) is 67.2 Å². The zero-order chi connectivity index (χ0) is 23.6. The summed E-state index contributed by atoms with van der Waals surface area (Å²) in [5, 5.41) is 8.22. The molecule has 6 nitrogen and oxygen atoms in total. The summed E-state index contributed by atoms with van der Waals surface area (Å²) >= 11 is 0. The van der Waals surface area contributed by atoms with Gasteiger partial charge in [0.15, 0.2) is 0 Å². The van der Waals surface area contributed by atoms with E-state index in [9.17, 15) is 9.59 Å². The zero-order valence-electron chi connectivity index (χ0n) is 20.2. The van der Waals surface area contributed by atoms with E-state index in [-0.39, 0.29) is 11.9 Å². The summed E-state index contributed by atoms with van der Waals surface area (Å²) in [6.45, 7) is 10.4. The first kappa shape index (κ1) is 24.7. The molecule has 1 unspecified atom stereocenters. The highest BCUT2D eigenvalue weighted by atomic mass is 16.2. The number of benzene rings is 1. The second kappa shape index (κ2) is 12.4. The largest absolute Gasteiger partial charge is 0.387 e. The van der Waals surface area contributed by atoms with E-state index in [2.05, 4.69) is 50.0 Å². The molecule has 1 atom stereocenters. The molecule has 0 spiro atoms. The number of carbonyl (C=O) groups excluding carboxylic acids is 2. The number of aldehydes is 1. The highest BCUT2D eigenvalue weighted by Gasteiger charge is 2.33. The van der Waals surface area contributed by atoms with E-state index in [0.717, 1.165) is 61.9 Å². The van der Waals surface area contributed by atoms with Gasteiger partial charge in [-0.25, -0.2) is 0 Å². The average molecular weight is 451 g/mol. The fourth-order valence-electron chi connectivity index (χ4n) is 4.34. The first-order valence-corrected chi connectivity index (χ1v) is 12.3. The third-order valence-electron chi connectivity index (χ3n) is 6.26. The Balaban J connectivity index is 1.69. The molecule has 0 radical (unpaired) electrons. The van der Waals surface area contributed by atoms with E-state index in [1.165, 1.54) is 18.4 Å². The first-order chi connectivity index (χ1) is 16.0. The number of aryl methyl sites for hydroxylation is 1. The van der Waals surface area contributed by atoms with Crippen LogP contribution in [0.2, 0.25) is 0 Å². The van der Waals surface area contributed by atoms with Gasteiger partial charge in [0.05, 0.1) is 18.3 Å². The lowest BCUT2D eigenvalue weighted by Gasteiger charge is -2.34. The summed E-state index contributed by atoms with van der Waals surface area (Å²) in [7, 11) is 0. The molecule has 0 saturated heterocycles. The zero-order valence-corrected chi connectivity index (χ0v) is 20.2. The fourth-order valence-corrected chi connectivity index (χ4v) is 4.34. The molecule has 1 aromatic heterocycles. The molecule has 0 aliphatic carbocycles. The summed E-state index contributed by atoms with van der Waals surface area (Å²) in [5.74, 6) is 0.0153. The molecule has 1 amide bonds. The number of hydrogen-bond acceptors (Lipinski definition) is 4. The maximum absolute atomic E-state index is 13.3. The molecular formula is C27H38N4O2. The smallest absolute Gasteiger partial charge is 0.272 e. The van der Waals surface area contributed by atoms with Gasteiger partial charge < -0.3 is 15.0 Å². The van der Waals surface area contributed by atoms with Crippen molar-refractivity contribution in [1.29, 1.82) is 0 Å². The van der Waals surface area contributed by atoms with Crippen molar-refractivity contribution < 1.29 is 9.59 Å². The number of aromatic nitrogens is 2. The third kappa shape index (κ3) is 6.80. The maximum atomic E-state index is 13.3. The number of fused-ring (bicyclic) bond motifs is 1. The van der Waals surface area contributed by atoms with Crippen LogP contribution in [0, 0.1) is 6.92 Å². The van der Waals surface area contributed by atoms with Gasteiger partial charge in [-0.2, -0.15) is 5.10 Å². The molecule has 1 N–H and O–H groups in total. The lowest BCUT2D eigenvalue weighted by Crippen LogP contribution is -2.45. The molecule has 33 heavy (non-hydrogen) atoms. The van der Waals surface area contributed by atoms with Gasteiger partial charge in [0.1, 0.15) is 12.0 Å². The van der Waals surface area contributed by atoms with E-state index in [1.807, 2.05) is 15.6 Å². The molecule has 178 valence electrons. The lowest BCUT2D eigenvalue weighted by molar-refractivity contribution is -0.107. The van der Waals surface area contributed by atoms with Gasteiger partial charge in [-0.15, -0.1) is 0 Å². The van der Waals surface area contributed by atoms with Crippen LogP contribution in [0.4, 0.5) is 0 Å². The molecule has 0 saturated carbocycles. The summed E-state index contributed by atoms with van der Waals surface area (Å²) < 4.78 is 1.97. The van der Waals surface area contributed by atoms with Crippen molar-refractivity contribution in [2.45, 2.75) is 71.3 Å². The van der Waals surface area contributed by atoms with Gasteiger partial charge in [0.25, 0.3) is 5.91 Å². The minimum atomic E-state index is 0.0153. The Labute approximate surface area is 198 Å². The molecule has 2 aromatic rings. The van der Waals surface area contributed by atoms with Crippen LogP contribution in [0.1, 0.15) is 80.4 Å². The van der Waals surface area contributed by atoms with Crippen LogP contribution in [0.25, 0.3) is 11.3 Å². The van der Waals surface area contributed by atoms with E-state index in [1.54, 1.807) is 0 Å². The second-order valence-corrected chi connectivity index (χ2v) is 9.11. The van der Waals surface area contributed by atoms with Gasteiger partial charge in [-0.1, -0.05) is 69.0 Å². The van der Waals surface area contributed by atoms with Crippen molar-refractivity contribution in [3.63, 3.8) is 0 Å². The predicted molar refractivity (Wildman–Crippen MR) is 133 cm³/mol. The molecular weight excluding hydrogens is 412 g/mol. The molecule has 0 fully saturated rings. The Morgan fingerprint density at radius 3 is 2.70 bits per heavy atom. The minimum absolute atomic E-state index is 0.0153. The van der Waals surface area contributed by atoms with E-state index in [4.69, 9.17) is 5.10 Å². The maximum Gasteiger partial charge on any atom is 0.272 e. The number of nitrogens with zero attached hydrogens (tertiary/aromatic N) is 3. The highest BCUT2D eigenvalue weighted by molar-refractivity contribution is 5.94. The lowest BCUT2D eigenvalue weighted by atomic mass is 10.0. The minimum Gasteiger partial charge on any atom is -0.387 e. The third-order valence-corrected chi connectivity index (χ3v) is 6.26. The molecule has 1 aliphatic rings. The van der Waals surface area contributed by atoms with E-state index in [0.29, 0.717) is 25.2 Å². The fraction of sp³-hybridized carbons (Fsp3) is 0.519. The SMILES string of the molecule is C=C(CN1CC(CCCCC)n2nc(-c3ccc(C)cc3)cc2C1=O)NCCCCCC=O. The van der Waals surface area contributed by atoms with Crippen LogP contribution >= 0.6 is 0 Å². The predicted octanol–water partition coefficient (Wildman–Crippen LogP) is 5.30. The molecule has 1 aliphatic heterocycles. The van der Waals surface area contributed by atoms with Crippen molar-refractivity contribution in [2.75, 3.05) is 19.6 Å². The number of amides is 1. The molecule has 1 aromatic carbocycles. The Bertz CT molecular complexity index is 932. The van der Waals surface area contributed by atoms with Gasteiger partial charge in [-0.05, 0) is 32.3 Å². The van der Waals surface area contributed by atoms with Crippen molar-refractivity contribution in [3.05, 3.63) is 53.9 Å². The van der Waals surface area contributed by atoms with Crippen molar-refractivity contribution in [2.24, 2.45) is 0 Å².